The van der Waals surface area contributed by atoms with E-state index in [1.807, 2.05) is 49.4 Å². The molecule has 0 radical (unpaired) electrons. The number of ether oxygens (including phenoxy) is 1. The van der Waals surface area contributed by atoms with Crippen molar-refractivity contribution >= 4 is 17.7 Å². The van der Waals surface area contributed by atoms with E-state index in [1.54, 1.807) is 41.7 Å². The first-order chi connectivity index (χ1) is 15.0. The van der Waals surface area contributed by atoms with Crippen molar-refractivity contribution in [2.24, 2.45) is 0 Å². The first-order valence-electron chi connectivity index (χ1n) is 10.2. The van der Waals surface area contributed by atoms with Gasteiger partial charge in [-0.05, 0) is 44.0 Å². The van der Waals surface area contributed by atoms with Crippen molar-refractivity contribution < 1.29 is 14.3 Å². The lowest BCUT2D eigenvalue weighted by Crippen LogP contribution is -2.32. The topological polar surface area (TPSA) is 64.4 Å². The van der Waals surface area contributed by atoms with Gasteiger partial charge in [-0.15, -0.1) is 6.58 Å². The number of carbonyl (C=O) groups is 2. The number of benzene rings is 1. The van der Waals surface area contributed by atoms with Crippen LogP contribution in [0.15, 0.2) is 67.4 Å². The Morgan fingerprint density at radius 1 is 1.13 bits per heavy atom. The van der Waals surface area contributed by atoms with Gasteiger partial charge in [0.05, 0.1) is 18.7 Å². The average Bonchev–Trinajstić information content (AvgIpc) is 3.03. The van der Waals surface area contributed by atoms with Crippen LogP contribution < -0.4 is 4.90 Å². The molecule has 0 spiro atoms. The summed E-state index contributed by atoms with van der Waals surface area (Å²) in [7, 11) is 0. The molecular formula is C25H27N3O3. The SMILES string of the molecule is C=CCn1c(C)c(C(=O)N(Cc2ccccc2)c2ccccn2)c(C)c1C(=O)OCC. The molecule has 0 bridgehead atoms. The van der Waals surface area contributed by atoms with E-state index in [0.29, 0.717) is 41.4 Å². The smallest absolute Gasteiger partial charge is 0.355 e. The summed E-state index contributed by atoms with van der Waals surface area (Å²) in [5.41, 5.74) is 3.12. The van der Waals surface area contributed by atoms with Crippen molar-refractivity contribution in [3.63, 3.8) is 0 Å². The van der Waals surface area contributed by atoms with Gasteiger partial charge in [0.1, 0.15) is 11.5 Å². The highest BCUT2D eigenvalue weighted by atomic mass is 16.5. The summed E-state index contributed by atoms with van der Waals surface area (Å²) >= 11 is 0. The fourth-order valence-corrected chi connectivity index (χ4v) is 3.70. The monoisotopic (exact) mass is 417 g/mol. The third-order valence-electron chi connectivity index (χ3n) is 5.12. The molecule has 0 saturated heterocycles. The van der Waals surface area contributed by atoms with E-state index in [-0.39, 0.29) is 12.5 Å². The quantitative estimate of drug-likeness (QED) is 0.393. The fourth-order valence-electron chi connectivity index (χ4n) is 3.70. The van der Waals surface area contributed by atoms with Crippen molar-refractivity contribution in [1.82, 2.24) is 9.55 Å². The number of rotatable bonds is 8. The highest BCUT2D eigenvalue weighted by Gasteiger charge is 2.30. The summed E-state index contributed by atoms with van der Waals surface area (Å²) in [6.45, 7) is 10.2. The molecule has 3 aromatic rings. The lowest BCUT2D eigenvalue weighted by Gasteiger charge is -2.22. The minimum atomic E-state index is -0.448. The zero-order chi connectivity index (χ0) is 22.4. The lowest BCUT2D eigenvalue weighted by atomic mass is 10.1. The van der Waals surface area contributed by atoms with Crippen molar-refractivity contribution in [2.75, 3.05) is 11.5 Å². The van der Waals surface area contributed by atoms with E-state index in [9.17, 15) is 9.59 Å². The van der Waals surface area contributed by atoms with Crippen LogP contribution in [0, 0.1) is 13.8 Å². The van der Waals surface area contributed by atoms with Gasteiger partial charge < -0.3 is 9.30 Å². The second kappa shape index (κ2) is 9.89. The Bertz CT molecular complexity index is 1070. The molecule has 6 heteroatoms. The predicted molar refractivity (Wildman–Crippen MR) is 121 cm³/mol. The highest BCUT2D eigenvalue weighted by molar-refractivity contribution is 6.09. The first-order valence-corrected chi connectivity index (χ1v) is 10.2. The maximum Gasteiger partial charge on any atom is 0.355 e. The number of nitrogens with zero attached hydrogens (tertiary/aromatic N) is 3. The Labute approximate surface area is 182 Å². The summed E-state index contributed by atoms with van der Waals surface area (Å²) in [5.74, 6) is -0.119. The third-order valence-corrected chi connectivity index (χ3v) is 5.12. The van der Waals surface area contributed by atoms with E-state index in [0.717, 1.165) is 5.56 Å². The van der Waals surface area contributed by atoms with Crippen LogP contribution in [-0.2, 0) is 17.8 Å². The number of hydrogen-bond donors (Lipinski definition) is 0. The van der Waals surface area contributed by atoms with Crippen LogP contribution in [0.25, 0.3) is 0 Å². The van der Waals surface area contributed by atoms with Gasteiger partial charge >= 0.3 is 5.97 Å². The summed E-state index contributed by atoms with van der Waals surface area (Å²) in [4.78, 5) is 32.5. The molecule has 1 amide bonds. The van der Waals surface area contributed by atoms with Crippen LogP contribution in [0.5, 0.6) is 0 Å². The van der Waals surface area contributed by atoms with E-state index < -0.39 is 5.97 Å². The number of allylic oxidation sites excluding steroid dienone is 1. The summed E-state index contributed by atoms with van der Waals surface area (Å²) in [5, 5.41) is 0. The second-order valence-electron chi connectivity index (χ2n) is 7.12. The maximum absolute atomic E-state index is 13.8. The molecule has 31 heavy (non-hydrogen) atoms. The summed E-state index contributed by atoms with van der Waals surface area (Å²) < 4.78 is 7.04. The minimum Gasteiger partial charge on any atom is -0.461 e. The molecule has 0 atom stereocenters. The molecule has 6 nitrogen and oxygen atoms in total. The number of anilines is 1. The normalized spacial score (nSPS) is 10.5. The number of hydrogen-bond acceptors (Lipinski definition) is 4. The second-order valence-corrected chi connectivity index (χ2v) is 7.12. The van der Waals surface area contributed by atoms with Crippen LogP contribution in [-0.4, -0.2) is 28.0 Å². The van der Waals surface area contributed by atoms with Crippen molar-refractivity contribution in [3.8, 4) is 0 Å². The average molecular weight is 418 g/mol. The standard InChI is InChI=1S/C25H27N3O3/c1-5-16-27-19(4)22(18(3)23(27)25(30)31-6-2)24(29)28(21-14-10-11-15-26-21)17-20-12-8-7-9-13-20/h5,7-15H,1,6,16-17H2,2-4H3. The third kappa shape index (κ3) is 4.58. The Hall–Kier alpha value is -3.67. The van der Waals surface area contributed by atoms with Gasteiger partial charge in [-0.1, -0.05) is 42.5 Å². The molecule has 0 aliphatic heterocycles. The lowest BCUT2D eigenvalue weighted by molar-refractivity contribution is 0.0513. The van der Waals surface area contributed by atoms with Gasteiger partial charge in [-0.25, -0.2) is 9.78 Å². The Balaban J connectivity index is 2.12. The largest absolute Gasteiger partial charge is 0.461 e. The van der Waals surface area contributed by atoms with Gasteiger partial charge in [-0.3, -0.25) is 9.69 Å². The van der Waals surface area contributed by atoms with Gasteiger partial charge in [0, 0.05) is 18.4 Å². The number of amides is 1. The van der Waals surface area contributed by atoms with Crippen molar-refractivity contribution in [2.45, 2.75) is 33.9 Å². The van der Waals surface area contributed by atoms with Crippen LogP contribution in [0.1, 0.15) is 44.6 Å². The number of pyridine rings is 1. The molecule has 0 aliphatic rings. The predicted octanol–water partition coefficient (Wildman–Crippen LogP) is 4.71. The molecule has 0 fully saturated rings. The van der Waals surface area contributed by atoms with E-state index >= 15 is 0 Å². The van der Waals surface area contributed by atoms with E-state index in [1.165, 1.54) is 0 Å². The molecule has 1 aromatic carbocycles. The summed E-state index contributed by atoms with van der Waals surface area (Å²) in [6, 6.07) is 15.2. The Morgan fingerprint density at radius 2 is 1.84 bits per heavy atom. The number of carbonyl (C=O) groups excluding carboxylic acids is 2. The molecule has 0 unspecified atom stereocenters. The van der Waals surface area contributed by atoms with Crippen molar-refractivity contribution in [1.29, 1.82) is 0 Å². The molecular weight excluding hydrogens is 390 g/mol. The van der Waals surface area contributed by atoms with Gasteiger partial charge in [0.25, 0.3) is 5.91 Å². The molecule has 3 rings (SSSR count). The first kappa shape index (κ1) is 22.0. The molecule has 0 N–H and O–H groups in total. The maximum atomic E-state index is 13.8. The zero-order valence-electron chi connectivity index (χ0n) is 18.2. The van der Waals surface area contributed by atoms with Crippen LogP contribution in [0.3, 0.4) is 0 Å². The highest BCUT2D eigenvalue weighted by Crippen LogP contribution is 2.27. The molecule has 0 aliphatic carbocycles. The van der Waals surface area contributed by atoms with Crippen LogP contribution in [0.4, 0.5) is 5.82 Å². The molecule has 2 heterocycles. The van der Waals surface area contributed by atoms with Gasteiger partial charge in [0.2, 0.25) is 0 Å². The molecule has 160 valence electrons. The fraction of sp³-hybridized carbons (Fsp3) is 0.240. The van der Waals surface area contributed by atoms with Crippen LogP contribution >= 0.6 is 0 Å². The van der Waals surface area contributed by atoms with Gasteiger partial charge in [-0.2, -0.15) is 0 Å². The Morgan fingerprint density at radius 3 is 2.45 bits per heavy atom. The van der Waals surface area contributed by atoms with E-state index in [2.05, 4.69) is 11.6 Å². The Kier molecular flexibility index (Phi) is 7.03. The minimum absolute atomic E-state index is 0.217. The van der Waals surface area contributed by atoms with E-state index in [4.69, 9.17) is 4.74 Å². The van der Waals surface area contributed by atoms with Crippen LogP contribution in [0.2, 0.25) is 0 Å². The number of aromatic nitrogens is 2. The zero-order valence-corrected chi connectivity index (χ0v) is 18.2. The molecule has 2 aromatic heterocycles. The molecule has 0 saturated carbocycles. The van der Waals surface area contributed by atoms with Gasteiger partial charge in [0.15, 0.2) is 0 Å². The van der Waals surface area contributed by atoms with Crippen molar-refractivity contribution in [3.05, 3.63) is 95.5 Å². The number of esters is 1. The summed E-state index contributed by atoms with van der Waals surface area (Å²) in [6.07, 6.45) is 3.36.